The van der Waals surface area contributed by atoms with Crippen molar-refractivity contribution in [3.8, 4) is 11.8 Å². The minimum Gasteiger partial charge on any atom is -0.353 e. The predicted molar refractivity (Wildman–Crippen MR) is 89.1 cm³/mol. The van der Waals surface area contributed by atoms with E-state index in [2.05, 4.69) is 30.6 Å². The van der Waals surface area contributed by atoms with Gasteiger partial charge in [-0.15, -0.1) is 10.2 Å². The van der Waals surface area contributed by atoms with Gasteiger partial charge in [0.25, 0.3) is 0 Å². The molecule has 0 unspecified atom stereocenters. The van der Waals surface area contributed by atoms with E-state index in [1.807, 2.05) is 48.5 Å². The lowest BCUT2D eigenvalue weighted by atomic mass is 10.3. The summed E-state index contributed by atoms with van der Waals surface area (Å²) in [5.41, 5.74) is 2.89. The monoisotopic (exact) mass is 346 g/mol. The average molecular weight is 346 g/mol. The van der Waals surface area contributed by atoms with Crippen molar-refractivity contribution in [2.45, 2.75) is 0 Å². The van der Waals surface area contributed by atoms with Crippen LogP contribution in [0.5, 0.6) is 11.8 Å². The summed E-state index contributed by atoms with van der Waals surface area (Å²) in [6.07, 6.45) is 2.94. The number of hydrogen-bond acceptors (Lipinski definition) is 8. The Kier molecular flexibility index (Phi) is 3.17. The molecule has 0 aliphatic rings. The molecule has 0 fully saturated rings. The van der Waals surface area contributed by atoms with E-state index in [-0.39, 0.29) is 6.01 Å². The summed E-state index contributed by atoms with van der Waals surface area (Å²) in [5.74, 6) is 0.386. The lowest BCUT2D eigenvalue weighted by Gasteiger charge is -2.05. The smallest absolute Gasteiger partial charge is 0.345 e. The molecule has 10 nitrogen and oxygen atoms in total. The second kappa shape index (κ2) is 5.77. The van der Waals surface area contributed by atoms with Gasteiger partial charge in [0.15, 0.2) is 5.75 Å². The molecule has 3 aromatic heterocycles. The van der Waals surface area contributed by atoms with Crippen molar-refractivity contribution >= 4 is 22.1 Å². The SMILES string of the molecule is c1ccc2c(c1)nnn2Oc1cnc(On2nnc3ccccc32)nc1. The Morgan fingerprint density at radius 1 is 0.654 bits per heavy atom. The fourth-order valence-electron chi connectivity index (χ4n) is 2.41. The quantitative estimate of drug-likeness (QED) is 0.484. The molecule has 0 saturated carbocycles. The van der Waals surface area contributed by atoms with Crippen LogP contribution in [0.4, 0.5) is 0 Å². The first-order chi connectivity index (χ1) is 12.9. The van der Waals surface area contributed by atoms with E-state index in [1.165, 1.54) is 22.1 Å². The van der Waals surface area contributed by atoms with Crippen LogP contribution in [0.15, 0.2) is 60.9 Å². The first-order valence-corrected chi connectivity index (χ1v) is 7.66. The maximum Gasteiger partial charge on any atom is 0.345 e. The maximum absolute atomic E-state index is 5.62. The Hall–Kier alpha value is -4.08. The average Bonchev–Trinajstić information content (AvgIpc) is 3.28. The second-order valence-corrected chi connectivity index (χ2v) is 5.29. The van der Waals surface area contributed by atoms with Crippen molar-refractivity contribution < 1.29 is 9.68 Å². The normalized spacial score (nSPS) is 11.1. The summed E-state index contributed by atoms with van der Waals surface area (Å²) in [6.45, 7) is 0. The molecule has 2 aromatic carbocycles. The molecule has 0 saturated heterocycles. The van der Waals surface area contributed by atoms with Gasteiger partial charge < -0.3 is 9.68 Å². The highest BCUT2D eigenvalue weighted by Crippen LogP contribution is 2.16. The van der Waals surface area contributed by atoms with Crippen molar-refractivity contribution in [3.63, 3.8) is 0 Å². The van der Waals surface area contributed by atoms with Crippen molar-refractivity contribution in [2.24, 2.45) is 0 Å². The first-order valence-electron chi connectivity index (χ1n) is 7.66. The summed E-state index contributed by atoms with van der Waals surface area (Å²) in [5, 5.41) is 15.9. The van der Waals surface area contributed by atoms with Crippen LogP contribution < -0.4 is 9.68 Å². The molecule has 0 radical (unpaired) electrons. The lowest BCUT2D eigenvalue weighted by molar-refractivity contribution is 0.161. The Bertz CT molecular complexity index is 1100. The van der Waals surface area contributed by atoms with E-state index in [4.69, 9.17) is 9.68 Å². The van der Waals surface area contributed by atoms with Gasteiger partial charge in [-0.1, -0.05) is 34.0 Å². The first kappa shape index (κ1) is 14.3. The third kappa shape index (κ3) is 2.45. The summed E-state index contributed by atoms with van der Waals surface area (Å²) < 4.78 is 0. The summed E-state index contributed by atoms with van der Waals surface area (Å²) in [4.78, 5) is 21.9. The van der Waals surface area contributed by atoms with E-state index in [0.29, 0.717) is 16.8 Å². The Morgan fingerprint density at radius 3 is 1.81 bits per heavy atom. The second-order valence-electron chi connectivity index (χ2n) is 5.29. The minimum atomic E-state index is 0.108. The fourth-order valence-corrected chi connectivity index (χ4v) is 2.41. The molecule has 3 heterocycles. The van der Waals surface area contributed by atoms with E-state index in [1.54, 1.807) is 0 Å². The largest absolute Gasteiger partial charge is 0.353 e. The number of para-hydroxylation sites is 2. The highest BCUT2D eigenvalue weighted by Gasteiger charge is 2.09. The topological polar surface area (TPSA) is 106 Å². The molecule has 5 rings (SSSR count). The number of rotatable bonds is 4. The van der Waals surface area contributed by atoms with Crippen LogP contribution in [-0.4, -0.2) is 40.3 Å². The molecule has 0 bridgehead atoms. The van der Waals surface area contributed by atoms with E-state index in [0.717, 1.165) is 11.0 Å². The van der Waals surface area contributed by atoms with E-state index in [9.17, 15) is 0 Å². The molecule has 0 spiro atoms. The van der Waals surface area contributed by atoms with Gasteiger partial charge in [-0.25, -0.2) is 0 Å². The van der Waals surface area contributed by atoms with Crippen LogP contribution >= 0.6 is 0 Å². The predicted octanol–water partition coefficient (Wildman–Crippen LogP) is 1.65. The van der Waals surface area contributed by atoms with Crippen molar-refractivity contribution in [3.05, 3.63) is 60.9 Å². The Morgan fingerprint density at radius 2 is 1.19 bits per heavy atom. The van der Waals surface area contributed by atoms with Gasteiger partial charge in [0, 0.05) is 0 Å². The van der Waals surface area contributed by atoms with Gasteiger partial charge in [-0.3, -0.25) is 0 Å². The highest BCUT2D eigenvalue weighted by atomic mass is 16.7. The standard InChI is InChI=1S/C16H10N8O2/c1-3-7-14-12(5-1)19-21-23(14)25-11-9-17-16(18-10-11)26-24-15-8-4-2-6-13(15)20-22-24/h1-10H. The van der Waals surface area contributed by atoms with Crippen LogP contribution in [0.25, 0.3) is 22.1 Å². The highest BCUT2D eigenvalue weighted by molar-refractivity contribution is 5.74. The van der Waals surface area contributed by atoms with Crippen LogP contribution in [0.1, 0.15) is 0 Å². The van der Waals surface area contributed by atoms with Crippen molar-refractivity contribution in [1.29, 1.82) is 0 Å². The van der Waals surface area contributed by atoms with Crippen LogP contribution in [0.3, 0.4) is 0 Å². The molecule has 126 valence electrons. The van der Waals surface area contributed by atoms with Crippen molar-refractivity contribution in [1.82, 2.24) is 40.3 Å². The molecule has 10 heteroatoms. The zero-order valence-electron chi connectivity index (χ0n) is 13.2. The summed E-state index contributed by atoms with van der Waals surface area (Å²) in [7, 11) is 0. The lowest BCUT2D eigenvalue weighted by Crippen LogP contribution is -2.11. The van der Waals surface area contributed by atoms with Gasteiger partial charge in [0.05, 0.1) is 12.4 Å². The number of aromatic nitrogens is 8. The van der Waals surface area contributed by atoms with Gasteiger partial charge in [-0.2, -0.15) is 9.97 Å². The molecular weight excluding hydrogens is 336 g/mol. The molecule has 0 aliphatic carbocycles. The molecule has 0 N–H and O–H groups in total. The molecule has 0 atom stereocenters. The summed E-state index contributed by atoms with van der Waals surface area (Å²) >= 11 is 0. The van der Waals surface area contributed by atoms with Gasteiger partial charge in [-0.05, 0) is 34.7 Å². The number of hydrogen-bond donors (Lipinski definition) is 0. The van der Waals surface area contributed by atoms with Crippen LogP contribution in [0.2, 0.25) is 0 Å². The summed E-state index contributed by atoms with van der Waals surface area (Å²) in [6, 6.07) is 15.0. The zero-order chi connectivity index (χ0) is 17.3. The van der Waals surface area contributed by atoms with Gasteiger partial charge in [0.2, 0.25) is 0 Å². The maximum atomic E-state index is 5.62. The van der Waals surface area contributed by atoms with E-state index < -0.39 is 0 Å². The fraction of sp³-hybridized carbons (Fsp3) is 0. The van der Waals surface area contributed by atoms with Crippen LogP contribution in [0, 0.1) is 0 Å². The third-order valence-electron chi connectivity index (χ3n) is 3.61. The molecule has 0 amide bonds. The zero-order valence-corrected chi connectivity index (χ0v) is 13.2. The van der Waals surface area contributed by atoms with E-state index >= 15 is 0 Å². The number of benzene rings is 2. The molecule has 0 aliphatic heterocycles. The molecule has 26 heavy (non-hydrogen) atoms. The van der Waals surface area contributed by atoms with Gasteiger partial charge in [0.1, 0.15) is 22.1 Å². The molecular formula is C16H10N8O2. The number of fused-ring (bicyclic) bond motifs is 2. The third-order valence-corrected chi connectivity index (χ3v) is 3.61. The Labute approximate surface area is 145 Å². The van der Waals surface area contributed by atoms with Gasteiger partial charge >= 0.3 is 6.01 Å². The molecule has 5 aromatic rings. The Balaban J connectivity index is 1.37. The van der Waals surface area contributed by atoms with Crippen LogP contribution in [-0.2, 0) is 0 Å². The van der Waals surface area contributed by atoms with Crippen molar-refractivity contribution in [2.75, 3.05) is 0 Å². The number of nitrogens with zero attached hydrogens (tertiary/aromatic N) is 8. The minimum absolute atomic E-state index is 0.108.